The summed E-state index contributed by atoms with van der Waals surface area (Å²) in [6, 6.07) is 19.1. The second-order valence-electron chi connectivity index (χ2n) is 10.4. The molecule has 39 heavy (non-hydrogen) atoms. The molecule has 1 amide bonds. The van der Waals surface area contributed by atoms with Crippen LogP contribution in [0.5, 0.6) is 0 Å². The maximum absolute atomic E-state index is 15.3. The van der Waals surface area contributed by atoms with E-state index in [9.17, 15) is 4.79 Å². The van der Waals surface area contributed by atoms with E-state index in [1.165, 1.54) is 0 Å². The van der Waals surface area contributed by atoms with Crippen LogP contribution >= 0.6 is 0 Å². The number of pyridine rings is 1. The minimum absolute atomic E-state index is 0.129. The third-order valence-electron chi connectivity index (χ3n) is 7.30. The summed E-state index contributed by atoms with van der Waals surface area (Å²) in [7, 11) is 2.03. The van der Waals surface area contributed by atoms with E-state index in [-0.39, 0.29) is 12.0 Å². The van der Waals surface area contributed by atoms with Gasteiger partial charge in [0.25, 0.3) is 5.91 Å². The predicted molar refractivity (Wildman–Crippen MR) is 155 cm³/mol. The maximum Gasteiger partial charge on any atom is 0.256 e. The van der Waals surface area contributed by atoms with Crippen molar-refractivity contribution >= 4 is 34.0 Å². The molecule has 5 rings (SSSR count). The van der Waals surface area contributed by atoms with Crippen LogP contribution < -0.4 is 15.5 Å². The van der Waals surface area contributed by atoms with Gasteiger partial charge in [0.15, 0.2) is 0 Å². The Hall–Kier alpha value is -3.75. The molecule has 7 nitrogen and oxygen atoms in total. The molecule has 1 aliphatic heterocycles. The van der Waals surface area contributed by atoms with Crippen LogP contribution in [-0.2, 0) is 17.5 Å². The molecule has 1 saturated heterocycles. The van der Waals surface area contributed by atoms with Gasteiger partial charge in [0.2, 0.25) is 0 Å². The number of hydrogen-bond donors (Lipinski definition) is 2. The first-order valence-corrected chi connectivity index (χ1v) is 13.5. The van der Waals surface area contributed by atoms with Gasteiger partial charge in [0, 0.05) is 59.9 Å². The Morgan fingerprint density at radius 1 is 1.10 bits per heavy atom. The molecule has 4 aromatic rings. The summed E-state index contributed by atoms with van der Waals surface area (Å²) >= 11 is 0. The first-order chi connectivity index (χ1) is 18.8. The molecule has 2 N–H and O–H groups in total. The Morgan fingerprint density at radius 2 is 1.85 bits per heavy atom. The van der Waals surface area contributed by atoms with E-state index in [2.05, 4.69) is 49.4 Å². The first kappa shape index (κ1) is 26.8. The van der Waals surface area contributed by atoms with Crippen molar-refractivity contribution in [2.24, 2.45) is 7.05 Å². The summed E-state index contributed by atoms with van der Waals surface area (Å²) in [5.74, 6) is 0.155. The van der Waals surface area contributed by atoms with Crippen molar-refractivity contribution in [3.8, 4) is 0 Å². The lowest BCUT2D eigenvalue weighted by Gasteiger charge is -2.30. The lowest BCUT2D eigenvalue weighted by molar-refractivity contribution is 0.0851. The highest BCUT2D eigenvalue weighted by molar-refractivity contribution is 6.04. The number of amides is 1. The SMILES string of the molecule is CC(C)OCCN(c1ccnc(NC(=O)c2ccc(C3(F)CCNCC3)cc2)c1)c1ccc2c(ccn2C)c1. The largest absolute Gasteiger partial charge is 0.377 e. The highest BCUT2D eigenvalue weighted by atomic mass is 19.1. The molecule has 8 heteroatoms. The standard InChI is InChI=1S/C31H36FN5O2/c1-22(2)39-19-18-37(26-8-9-28-24(20-26)11-17-36(28)3)27-10-14-34-29(21-27)35-30(38)23-4-6-25(7-5-23)31(32)12-15-33-16-13-31/h4-11,14,17,20-22,33H,12-13,15-16,18-19H2,1-3H3,(H,34,35,38). The number of hydrogen-bond acceptors (Lipinski definition) is 5. The zero-order chi connectivity index (χ0) is 27.4. The van der Waals surface area contributed by atoms with Gasteiger partial charge in [-0.15, -0.1) is 0 Å². The summed E-state index contributed by atoms with van der Waals surface area (Å²) in [6.07, 6.45) is 4.74. The molecule has 204 valence electrons. The highest BCUT2D eigenvalue weighted by Crippen LogP contribution is 2.35. The van der Waals surface area contributed by atoms with Crippen LogP contribution in [0, 0.1) is 0 Å². The van der Waals surface area contributed by atoms with E-state index in [4.69, 9.17) is 4.74 Å². The number of nitrogens with one attached hydrogen (secondary N) is 2. The van der Waals surface area contributed by atoms with Crippen molar-refractivity contribution in [2.45, 2.75) is 38.5 Å². The van der Waals surface area contributed by atoms with E-state index < -0.39 is 5.67 Å². The predicted octanol–water partition coefficient (Wildman–Crippen LogP) is 5.94. The van der Waals surface area contributed by atoms with Gasteiger partial charge in [-0.1, -0.05) is 12.1 Å². The van der Waals surface area contributed by atoms with Crippen LogP contribution in [0.15, 0.2) is 73.1 Å². The molecule has 0 radical (unpaired) electrons. The van der Waals surface area contributed by atoms with Gasteiger partial charge in [0.1, 0.15) is 11.5 Å². The van der Waals surface area contributed by atoms with E-state index in [0.717, 1.165) is 22.3 Å². The average molecular weight is 530 g/mol. The number of ether oxygens (including phenoxy) is 1. The van der Waals surface area contributed by atoms with Gasteiger partial charge < -0.3 is 24.8 Å². The second kappa shape index (κ2) is 11.6. The number of carbonyl (C=O) groups is 1. The number of benzene rings is 2. The fraction of sp³-hybridized carbons (Fsp3) is 0.355. The molecule has 3 heterocycles. The molecule has 0 unspecified atom stereocenters. The monoisotopic (exact) mass is 529 g/mol. The first-order valence-electron chi connectivity index (χ1n) is 13.5. The third kappa shape index (κ3) is 6.13. The van der Waals surface area contributed by atoms with Crippen molar-refractivity contribution in [1.29, 1.82) is 0 Å². The number of nitrogens with zero attached hydrogens (tertiary/aromatic N) is 3. The van der Waals surface area contributed by atoms with Crippen LogP contribution in [0.2, 0.25) is 0 Å². The highest BCUT2D eigenvalue weighted by Gasteiger charge is 2.33. The van der Waals surface area contributed by atoms with Crippen LogP contribution in [0.3, 0.4) is 0 Å². The molecule has 1 fully saturated rings. The van der Waals surface area contributed by atoms with Gasteiger partial charge in [-0.3, -0.25) is 4.79 Å². The quantitative estimate of drug-likeness (QED) is 0.281. The number of anilines is 3. The molecular formula is C31H36FN5O2. The van der Waals surface area contributed by atoms with E-state index in [0.29, 0.717) is 56.0 Å². The number of rotatable bonds is 9. The van der Waals surface area contributed by atoms with Crippen molar-refractivity contribution in [1.82, 2.24) is 14.9 Å². The number of fused-ring (bicyclic) bond motifs is 1. The smallest absolute Gasteiger partial charge is 0.256 e. The Kier molecular flexibility index (Phi) is 7.95. The van der Waals surface area contributed by atoms with Gasteiger partial charge in [-0.05, 0) is 87.8 Å². The zero-order valence-corrected chi connectivity index (χ0v) is 22.8. The van der Waals surface area contributed by atoms with Gasteiger partial charge in [0.05, 0.1) is 12.7 Å². The molecule has 2 aromatic carbocycles. The number of alkyl halides is 1. The van der Waals surface area contributed by atoms with Crippen molar-refractivity contribution in [3.05, 3.63) is 84.2 Å². The van der Waals surface area contributed by atoms with Gasteiger partial charge in [-0.2, -0.15) is 0 Å². The summed E-state index contributed by atoms with van der Waals surface area (Å²) in [6.45, 7) is 6.53. The maximum atomic E-state index is 15.3. The molecular weight excluding hydrogens is 493 g/mol. The number of aryl methyl sites for hydroxylation is 1. The lowest BCUT2D eigenvalue weighted by Crippen LogP contribution is -2.36. The minimum Gasteiger partial charge on any atom is -0.377 e. The Morgan fingerprint density at radius 3 is 2.59 bits per heavy atom. The van der Waals surface area contributed by atoms with Crippen LogP contribution in [-0.4, -0.2) is 47.8 Å². The van der Waals surface area contributed by atoms with Crippen molar-refractivity contribution in [3.63, 3.8) is 0 Å². The Balaban J connectivity index is 1.35. The molecule has 0 aliphatic carbocycles. The third-order valence-corrected chi connectivity index (χ3v) is 7.30. The second-order valence-corrected chi connectivity index (χ2v) is 10.4. The minimum atomic E-state index is -1.35. The van der Waals surface area contributed by atoms with E-state index in [1.54, 1.807) is 30.5 Å². The molecule has 0 saturated carbocycles. The fourth-order valence-corrected chi connectivity index (χ4v) is 5.10. The van der Waals surface area contributed by atoms with Gasteiger partial charge in [-0.25, -0.2) is 9.37 Å². The van der Waals surface area contributed by atoms with Crippen LogP contribution in [0.25, 0.3) is 10.9 Å². The summed E-state index contributed by atoms with van der Waals surface area (Å²) in [4.78, 5) is 19.6. The summed E-state index contributed by atoms with van der Waals surface area (Å²) in [5, 5.41) is 7.25. The number of carbonyl (C=O) groups excluding carboxylic acids is 1. The molecule has 0 atom stereocenters. The van der Waals surface area contributed by atoms with Gasteiger partial charge >= 0.3 is 0 Å². The van der Waals surface area contributed by atoms with Crippen LogP contribution in [0.1, 0.15) is 42.6 Å². The fourth-order valence-electron chi connectivity index (χ4n) is 5.10. The Bertz CT molecular complexity index is 1430. The molecule has 0 spiro atoms. The number of halogens is 1. The summed E-state index contributed by atoms with van der Waals surface area (Å²) in [5.41, 5.74) is 2.81. The lowest BCUT2D eigenvalue weighted by atomic mass is 9.86. The Labute approximate surface area is 229 Å². The van der Waals surface area contributed by atoms with Crippen molar-refractivity contribution < 1.29 is 13.9 Å². The average Bonchev–Trinajstić information content (AvgIpc) is 3.31. The zero-order valence-electron chi connectivity index (χ0n) is 22.8. The topological polar surface area (TPSA) is 71.4 Å². The van der Waals surface area contributed by atoms with Crippen molar-refractivity contribution in [2.75, 3.05) is 36.5 Å². The molecule has 2 aromatic heterocycles. The van der Waals surface area contributed by atoms with E-state index >= 15 is 4.39 Å². The van der Waals surface area contributed by atoms with E-state index in [1.807, 2.05) is 39.2 Å². The normalized spacial score (nSPS) is 15.0. The molecule has 1 aliphatic rings. The number of piperidine rings is 1. The molecule has 0 bridgehead atoms. The number of aromatic nitrogens is 2. The summed E-state index contributed by atoms with van der Waals surface area (Å²) < 4.78 is 23.3. The van der Waals surface area contributed by atoms with Crippen LogP contribution in [0.4, 0.5) is 21.6 Å².